The van der Waals surface area contributed by atoms with Crippen molar-refractivity contribution in [2.45, 2.75) is 44.4 Å². The summed E-state index contributed by atoms with van der Waals surface area (Å²) in [5.74, 6) is 0.238. The third kappa shape index (κ3) is 7.39. The standard InChI is InChI=1S/C21H32N2O7S/c1-4-23(15-16(2)21(25)28-3)20(24)8-6-5-7-11-22-31(26,27)17-9-10-18-19(14-17)30-13-12-29-18/h9-10,14,16,22H,4-8,11-13,15H2,1-3H3. The third-order valence-corrected chi connectivity index (χ3v) is 6.47. The van der Waals surface area contributed by atoms with E-state index in [2.05, 4.69) is 4.72 Å². The van der Waals surface area contributed by atoms with Crippen LogP contribution in [0.25, 0.3) is 0 Å². The Labute approximate surface area is 184 Å². The lowest BCUT2D eigenvalue weighted by Crippen LogP contribution is -2.37. The van der Waals surface area contributed by atoms with Crippen LogP contribution < -0.4 is 14.2 Å². The molecule has 1 aromatic rings. The molecule has 31 heavy (non-hydrogen) atoms. The first kappa shape index (κ1) is 24.9. The van der Waals surface area contributed by atoms with Crippen molar-refractivity contribution in [1.82, 2.24) is 9.62 Å². The number of nitrogens with one attached hydrogen (secondary N) is 1. The van der Waals surface area contributed by atoms with E-state index in [-0.39, 0.29) is 29.2 Å². The molecule has 0 fully saturated rings. The number of esters is 1. The zero-order chi connectivity index (χ0) is 22.9. The van der Waals surface area contributed by atoms with Crippen LogP contribution in [-0.4, -0.2) is 65.2 Å². The van der Waals surface area contributed by atoms with Crippen LogP contribution in [0.15, 0.2) is 23.1 Å². The van der Waals surface area contributed by atoms with E-state index >= 15 is 0 Å². The summed E-state index contributed by atoms with van der Waals surface area (Å²) < 4.78 is 43.0. The van der Waals surface area contributed by atoms with E-state index in [1.54, 1.807) is 17.9 Å². The van der Waals surface area contributed by atoms with Crippen molar-refractivity contribution in [3.63, 3.8) is 0 Å². The lowest BCUT2D eigenvalue weighted by Gasteiger charge is -2.23. The number of nitrogens with zero attached hydrogens (tertiary/aromatic N) is 1. The summed E-state index contributed by atoms with van der Waals surface area (Å²) in [4.78, 5) is 25.7. The Hall–Kier alpha value is -2.33. The Morgan fingerprint density at radius 3 is 2.55 bits per heavy atom. The van der Waals surface area contributed by atoms with Crippen molar-refractivity contribution in [2.75, 3.05) is 40.0 Å². The van der Waals surface area contributed by atoms with E-state index in [1.807, 2.05) is 6.92 Å². The second-order valence-electron chi connectivity index (χ2n) is 7.37. The predicted molar refractivity (Wildman–Crippen MR) is 115 cm³/mol. The molecular weight excluding hydrogens is 424 g/mol. The van der Waals surface area contributed by atoms with Crippen molar-refractivity contribution in [3.8, 4) is 11.5 Å². The van der Waals surface area contributed by atoms with Gasteiger partial charge in [0.1, 0.15) is 13.2 Å². The summed E-state index contributed by atoms with van der Waals surface area (Å²) in [5, 5.41) is 0. The number of unbranched alkanes of at least 4 members (excludes halogenated alkanes) is 2. The van der Waals surface area contributed by atoms with Crippen molar-refractivity contribution < 1.29 is 32.2 Å². The van der Waals surface area contributed by atoms with Gasteiger partial charge >= 0.3 is 5.97 Å². The van der Waals surface area contributed by atoms with Gasteiger partial charge in [0.15, 0.2) is 11.5 Å². The monoisotopic (exact) mass is 456 g/mol. The maximum Gasteiger partial charge on any atom is 0.310 e. The number of rotatable bonds is 12. The molecule has 1 N–H and O–H groups in total. The average molecular weight is 457 g/mol. The van der Waals surface area contributed by atoms with Gasteiger partial charge in [-0.15, -0.1) is 0 Å². The lowest BCUT2D eigenvalue weighted by molar-refractivity contribution is -0.146. The Morgan fingerprint density at radius 1 is 1.16 bits per heavy atom. The van der Waals surface area contributed by atoms with Gasteiger partial charge in [-0.25, -0.2) is 13.1 Å². The maximum atomic E-state index is 12.5. The van der Waals surface area contributed by atoms with E-state index in [4.69, 9.17) is 14.2 Å². The number of hydrogen-bond donors (Lipinski definition) is 1. The van der Waals surface area contributed by atoms with Crippen LogP contribution in [0.1, 0.15) is 39.5 Å². The quantitative estimate of drug-likeness (QED) is 0.378. The molecule has 0 spiro atoms. The molecule has 1 atom stereocenters. The number of carbonyl (C=O) groups excluding carboxylic acids is 2. The molecule has 0 bridgehead atoms. The van der Waals surface area contributed by atoms with E-state index in [0.717, 1.165) is 0 Å². The zero-order valence-corrected chi connectivity index (χ0v) is 19.2. The maximum absolute atomic E-state index is 12.5. The summed E-state index contributed by atoms with van der Waals surface area (Å²) in [6.45, 7) is 5.57. The SMILES string of the molecule is CCN(CC(C)C(=O)OC)C(=O)CCCCCNS(=O)(=O)c1ccc2c(c1)OCCO2. The molecule has 1 aliphatic rings. The van der Waals surface area contributed by atoms with E-state index in [9.17, 15) is 18.0 Å². The second-order valence-corrected chi connectivity index (χ2v) is 9.14. The van der Waals surface area contributed by atoms with Crippen LogP contribution >= 0.6 is 0 Å². The lowest BCUT2D eigenvalue weighted by atomic mass is 10.1. The molecule has 1 aromatic carbocycles. The summed E-state index contributed by atoms with van der Waals surface area (Å²) in [7, 11) is -2.31. The molecule has 10 heteroatoms. The fourth-order valence-electron chi connectivity index (χ4n) is 3.23. The smallest absolute Gasteiger partial charge is 0.310 e. The van der Waals surface area contributed by atoms with Gasteiger partial charge in [-0.05, 0) is 31.9 Å². The highest BCUT2D eigenvalue weighted by atomic mass is 32.2. The highest BCUT2D eigenvalue weighted by molar-refractivity contribution is 7.89. The summed E-state index contributed by atoms with van der Waals surface area (Å²) in [6, 6.07) is 4.54. The number of fused-ring (bicyclic) bond motifs is 1. The fourth-order valence-corrected chi connectivity index (χ4v) is 4.32. The van der Waals surface area contributed by atoms with Crippen molar-refractivity contribution in [3.05, 3.63) is 18.2 Å². The fraction of sp³-hybridized carbons (Fsp3) is 0.619. The number of sulfonamides is 1. The number of methoxy groups -OCH3 is 1. The van der Waals surface area contributed by atoms with Gasteiger partial charge in [0, 0.05) is 32.1 Å². The van der Waals surface area contributed by atoms with Gasteiger partial charge in [0.25, 0.3) is 0 Å². The number of carbonyl (C=O) groups is 2. The van der Waals surface area contributed by atoms with Gasteiger partial charge in [-0.2, -0.15) is 0 Å². The Balaban J connectivity index is 1.71. The van der Waals surface area contributed by atoms with Gasteiger partial charge in [0.05, 0.1) is 17.9 Å². The van der Waals surface area contributed by atoms with Crippen molar-refractivity contribution in [2.24, 2.45) is 5.92 Å². The summed E-state index contributed by atoms with van der Waals surface area (Å²) in [6.07, 6.45) is 2.32. The topological polar surface area (TPSA) is 111 Å². The van der Waals surface area contributed by atoms with Crippen molar-refractivity contribution in [1.29, 1.82) is 0 Å². The van der Waals surface area contributed by atoms with Crippen LogP contribution in [0.5, 0.6) is 11.5 Å². The van der Waals surface area contributed by atoms with E-state index in [1.165, 1.54) is 19.2 Å². The van der Waals surface area contributed by atoms with Gasteiger partial charge in [-0.1, -0.05) is 13.3 Å². The van der Waals surface area contributed by atoms with E-state index < -0.39 is 10.0 Å². The minimum Gasteiger partial charge on any atom is -0.486 e. The first-order valence-corrected chi connectivity index (χ1v) is 12.0. The summed E-state index contributed by atoms with van der Waals surface area (Å²) in [5.41, 5.74) is 0. The molecule has 2 rings (SSSR count). The average Bonchev–Trinajstić information content (AvgIpc) is 2.78. The highest BCUT2D eigenvalue weighted by Crippen LogP contribution is 2.32. The zero-order valence-electron chi connectivity index (χ0n) is 18.4. The van der Waals surface area contributed by atoms with Gasteiger partial charge in [-0.3, -0.25) is 9.59 Å². The molecule has 0 aromatic heterocycles. The van der Waals surface area contributed by atoms with Crippen molar-refractivity contribution >= 4 is 21.9 Å². The molecule has 1 unspecified atom stereocenters. The first-order valence-electron chi connectivity index (χ1n) is 10.5. The largest absolute Gasteiger partial charge is 0.486 e. The first-order chi connectivity index (χ1) is 14.8. The number of ether oxygens (including phenoxy) is 3. The normalized spacial score (nSPS) is 14.0. The summed E-state index contributed by atoms with van der Waals surface area (Å²) >= 11 is 0. The Kier molecular flexibility index (Phi) is 9.57. The minimum atomic E-state index is -3.64. The van der Waals surface area contributed by atoms with Crippen LogP contribution in [0.2, 0.25) is 0 Å². The molecule has 0 aliphatic carbocycles. The van der Waals surface area contributed by atoms with Crippen LogP contribution in [-0.2, 0) is 24.3 Å². The molecular formula is C21H32N2O7S. The van der Waals surface area contributed by atoms with E-state index in [0.29, 0.717) is 63.5 Å². The molecule has 174 valence electrons. The molecule has 1 amide bonds. The van der Waals surface area contributed by atoms with Crippen LogP contribution in [0.4, 0.5) is 0 Å². The van der Waals surface area contributed by atoms with Gasteiger partial charge < -0.3 is 19.1 Å². The highest BCUT2D eigenvalue weighted by Gasteiger charge is 2.21. The van der Waals surface area contributed by atoms with Crippen LogP contribution in [0, 0.1) is 5.92 Å². The molecule has 1 aliphatic heterocycles. The number of amides is 1. The minimum absolute atomic E-state index is 0.0184. The number of hydrogen-bond acceptors (Lipinski definition) is 7. The molecule has 0 radical (unpaired) electrons. The Bertz CT molecular complexity index is 857. The second kappa shape index (κ2) is 11.9. The third-order valence-electron chi connectivity index (χ3n) is 5.02. The molecule has 0 saturated heterocycles. The van der Waals surface area contributed by atoms with Gasteiger partial charge in [0.2, 0.25) is 15.9 Å². The molecule has 1 heterocycles. The van der Waals surface area contributed by atoms with Crippen LogP contribution in [0.3, 0.4) is 0 Å². The molecule has 9 nitrogen and oxygen atoms in total. The number of benzene rings is 1. The molecule has 0 saturated carbocycles. The predicted octanol–water partition coefficient (Wildman–Crippen LogP) is 1.95. The Morgan fingerprint density at radius 2 is 1.87 bits per heavy atom.